The Morgan fingerprint density at radius 1 is 1.41 bits per heavy atom. The molecule has 0 unspecified atom stereocenters. The van der Waals surface area contributed by atoms with Gasteiger partial charge in [0.15, 0.2) is 0 Å². The zero-order valence-electron chi connectivity index (χ0n) is 9.54. The van der Waals surface area contributed by atoms with Crippen molar-refractivity contribution in [1.29, 1.82) is 0 Å². The van der Waals surface area contributed by atoms with Gasteiger partial charge in [0.2, 0.25) is 10.0 Å². The Balaban J connectivity index is 2.49. The predicted octanol–water partition coefficient (Wildman–Crippen LogP) is 1.77. The van der Waals surface area contributed by atoms with Crippen LogP contribution in [0.25, 0.3) is 11.0 Å². The van der Waals surface area contributed by atoms with Crippen molar-refractivity contribution in [2.45, 2.75) is 31.2 Å². The van der Waals surface area contributed by atoms with Crippen molar-refractivity contribution in [3.63, 3.8) is 0 Å². The van der Waals surface area contributed by atoms with Gasteiger partial charge in [-0.3, -0.25) is 0 Å². The normalized spacial score (nSPS) is 14.0. The lowest BCUT2D eigenvalue weighted by atomic mass is 10.3. The van der Waals surface area contributed by atoms with Gasteiger partial charge in [-0.25, -0.2) is 13.1 Å². The van der Waals surface area contributed by atoms with E-state index in [-0.39, 0.29) is 10.9 Å². The summed E-state index contributed by atoms with van der Waals surface area (Å²) in [4.78, 5) is 0.198. The molecule has 7 heteroatoms. The average molecular weight is 271 g/mol. The van der Waals surface area contributed by atoms with Gasteiger partial charge in [-0.05, 0) is 25.5 Å². The summed E-state index contributed by atoms with van der Waals surface area (Å²) in [5.41, 5.74) is 1.05. The highest BCUT2D eigenvalue weighted by atomic mass is 32.2. The monoisotopic (exact) mass is 271 g/mol. The van der Waals surface area contributed by atoms with E-state index in [1.807, 2.05) is 13.8 Å². The fraction of sp³-hybridized carbons (Fsp3) is 0.400. The first-order valence-corrected chi connectivity index (χ1v) is 7.49. The van der Waals surface area contributed by atoms with Gasteiger partial charge in [-0.15, -0.1) is 0 Å². The second kappa shape index (κ2) is 4.67. The number of nitrogens with zero attached hydrogens (tertiary/aromatic N) is 2. The topological polar surface area (TPSA) is 72.0 Å². The molecule has 1 heterocycles. The van der Waals surface area contributed by atoms with E-state index in [9.17, 15) is 8.42 Å². The van der Waals surface area contributed by atoms with Crippen molar-refractivity contribution in [2.24, 2.45) is 0 Å². The van der Waals surface area contributed by atoms with Gasteiger partial charge in [0.25, 0.3) is 0 Å². The Kier molecular flexibility index (Phi) is 3.41. The van der Waals surface area contributed by atoms with Crippen LogP contribution in [0.1, 0.15) is 20.3 Å². The molecule has 0 amide bonds. The SMILES string of the molecule is CC[C@@H](C)NS(=O)(=O)c1cccc2nsnc12. The van der Waals surface area contributed by atoms with E-state index in [1.54, 1.807) is 18.2 Å². The van der Waals surface area contributed by atoms with Crippen molar-refractivity contribution in [1.82, 2.24) is 13.5 Å². The van der Waals surface area contributed by atoms with E-state index < -0.39 is 10.0 Å². The van der Waals surface area contributed by atoms with Gasteiger partial charge in [0, 0.05) is 6.04 Å². The van der Waals surface area contributed by atoms with E-state index >= 15 is 0 Å². The number of rotatable bonds is 4. The van der Waals surface area contributed by atoms with Crippen LogP contribution in [0.3, 0.4) is 0 Å². The maximum atomic E-state index is 12.1. The molecule has 1 aromatic heterocycles. The summed E-state index contributed by atoms with van der Waals surface area (Å²) in [6, 6.07) is 4.88. The first-order chi connectivity index (χ1) is 8.04. The van der Waals surface area contributed by atoms with Crippen molar-refractivity contribution in [3.8, 4) is 0 Å². The van der Waals surface area contributed by atoms with Crippen molar-refractivity contribution >= 4 is 32.8 Å². The second-order valence-corrected chi connectivity index (χ2v) is 6.03. The minimum Gasteiger partial charge on any atom is -0.208 e. The molecular weight excluding hydrogens is 258 g/mol. The average Bonchev–Trinajstić information content (AvgIpc) is 2.75. The van der Waals surface area contributed by atoms with E-state index in [0.717, 1.165) is 18.1 Å². The Morgan fingerprint density at radius 2 is 2.18 bits per heavy atom. The van der Waals surface area contributed by atoms with E-state index in [1.165, 1.54) is 0 Å². The molecule has 1 atom stereocenters. The summed E-state index contributed by atoms with van der Waals surface area (Å²) in [6.45, 7) is 3.76. The van der Waals surface area contributed by atoms with Gasteiger partial charge in [-0.2, -0.15) is 8.75 Å². The number of benzene rings is 1. The second-order valence-electron chi connectivity index (χ2n) is 3.82. The molecule has 1 aromatic carbocycles. The Bertz CT molecular complexity index is 621. The number of aromatic nitrogens is 2. The van der Waals surface area contributed by atoms with E-state index in [0.29, 0.717) is 11.0 Å². The molecule has 0 aliphatic rings. The minimum absolute atomic E-state index is 0.0955. The summed E-state index contributed by atoms with van der Waals surface area (Å²) in [6.07, 6.45) is 0.741. The first kappa shape index (κ1) is 12.4. The highest BCUT2D eigenvalue weighted by Gasteiger charge is 2.20. The Morgan fingerprint density at radius 3 is 2.88 bits per heavy atom. The van der Waals surface area contributed by atoms with Gasteiger partial charge in [0.05, 0.1) is 11.7 Å². The number of nitrogens with one attached hydrogen (secondary N) is 1. The third-order valence-corrected chi connectivity index (χ3v) is 4.67. The van der Waals surface area contributed by atoms with Crippen LogP contribution in [0.5, 0.6) is 0 Å². The molecular formula is C10H13N3O2S2. The summed E-state index contributed by atoms with van der Waals surface area (Å²) in [7, 11) is -3.51. The number of sulfonamides is 1. The highest BCUT2D eigenvalue weighted by molar-refractivity contribution is 7.89. The Hall–Kier alpha value is -1.05. The largest absolute Gasteiger partial charge is 0.243 e. The van der Waals surface area contributed by atoms with Gasteiger partial charge >= 0.3 is 0 Å². The van der Waals surface area contributed by atoms with Gasteiger partial charge < -0.3 is 0 Å². The van der Waals surface area contributed by atoms with Crippen LogP contribution in [0.4, 0.5) is 0 Å². The lowest BCUT2D eigenvalue weighted by Crippen LogP contribution is -2.32. The lowest BCUT2D eigenvalue weighted by molar-refractivity contribution is 0.556. The molecule has 0 spiro atoms. The molecule has 0 radical (unpaired) electrons. The predicted molar refractivity (Wildman–Crippen MR) is 67.5 cm³/mol. The highest BCUT2D eigenvalue weighted by Crippen LogP contribution is 2.21. The summed E-state index contributed by atoms with van der Waals surface area (Å²) < 4.78 is 35.0. The molecule has 0 fully saturated rings. The van der Waals surface area contributed by atoms with Crippen LogP contribution in [-0.2, 0) is 10.0 Å². The zero-order chi connectivity index (χ0) is 12.5. The lowest BCUT2D eigenvalue weighted by Gasteiger charge is -2.11. The summed E-state index contributed by atoms with van der Waals surface area (Å²) in [5.74, 6) is 0. The molecule has 0 bridgehead atoms. The molecule has 0 aliphatic carbocycles. The zero-order valence-corrected chi connectivity index (χ0v) is 11.2. The maximum absolute atomic E-state index is 12.1. The summed E-state index contributed by atoms with van der Waals surface area (Å²) in [5, 5.41) is 0. The molecule has 0 saturated heterocycles. The van der Waals surface area contributed by atoms with Crippen LogP contribution in [0, 0.1) is 0 Å². The number of fused-ring (bicyclic) bond motifs is 1. The number of hydrogen-bond acceptors (Lipinski definition) is 5. The van der Waals surface area contributed by atoms with Crippen LogP contribution < -0.4 is 4.72 Å². The quantitative estimate of drug-likeness (QED) is 0.920. The van der Waals surface area contributed by atoms with Crippen LogP contribution >= 0.6 is 11.7 Å². The van der Waals surface area contributed by atoms with Gasteiger partial charge in [0.1, 0.15) is 15.9 Å². The van der Waals surface area contributed by atoms with Crippen LogP contribution in [-0.4, -0.2) is 23.2 Å². The van der Waals surface area contributed by atoms with Crippen molar-refractivity contribution in [2.75, 3.05) is 0 Å². The molecule has 1 N–H and O–H groups in total. The molecule has 92 valence electrons. The number of hydrogen-bond donors (Lipinski definition) is 1. The van der Waals surface area contributed by atoms with Crippen LogP contribution in [0.2, 0.25) is 0 Å². The smallest absolute Gasteiger partial charge is 0.208 e. The minimum atomic E-state index is -3.51. The molecule has 17 heavy (non-hydrogen) atoms. The third-order valence-electron chi connectivity index (χ3n) is 2.51. The molecule has 2 aromatic rings. The Labute approximate surface area is 104 Å². The molecule has 5 nitrogen and oxygen atoms in total. The molecule has 0 saturated carbocycles. The maximum Gasteiger partial charge on any atom is 0.243 e. The van der Waals surface area contributed by atoms with Gasteiger partial charge in [-0.1, -0.05) is 13.0 Å². The van der Waals surface area contributed by atoms with Crippen molar-refractivity contribution < 1.29 is 8.42 Å². The van der Waals surface area contributed by atoms with E-state index in [4.69, 9.17) is 0 Å². The molecule has 0 aliphatic heterocycles. The fourth-order valence-electron chi connectivity index (χ4n) is 1.41. The summed E-state index contributed by atoms with van der Waals surface area (Å²) >= 11 is 1.02. The fourth-order valence-corrected chi connectivity index (χ4v) is 3.50. The first-order valence-electron chi connectivity index (χ1n) is 5.28. The van der Waals surface area contributed by atoms with Crippen molar-refractivity contribution in [3.05, 3.63) is 18.2 Å². The van der Waals surface area contributed by atoms with Crippen LogP contribution in [0.15, 0.2) is 23.1 Å². The van der Waals surface area contributed by atoms with E-state index in [2.05, 4.69) is 13.5 Å². The molecule has 2 rings (SSSR count). The third kappa shape index (κ3) is 2.46. The standard InChI is InChI=1S/C10H13N3O2S2/c1-3-7(2)13-17(14,15)9-6-4-5-8-10(9)12-16-11-8/h4-7,13H,3H2,1-2H3/t7-/m1/s1.